The maximum Gasteiger partial charge on any atom is 0.311 e. The standard InChI is InChI=1S/C10H10O2/c1-10(7-9(11)12-10)8-5-3-2-4-6-8/h2-6H,7H2,1H3. The zero-order chi connectivity index (χ0) is 8.60. The van der Waals surface area contributed by atoms with Gasteiger partial charge in [0.15, 0.2) is 0 Å². The molecule has 0 N–H and O–H groups in total. The zero-order valence-electron chi connectivity index (χ0n) is 6.91. The maximum atomic E-state index is 10.7. The molecule has 0 radical (unpaired) electrons. The van der Waals surface area contributed by atoms with Crippen LogP contribution in [0.15, 0.2) is 30.3 Å². The molecule has 0 bridgehead atoms. The third-order valence-electron chi connectivity index (χ3n) is 2.21. The van der Waals surface area contributed by atoms with Crippen LogP contribution in [0.1, 0.15) is 18.9 Å². The van der Waals surface area contributed by atoms with E-state index in [4.69, 9.17) is 4.74 Å². The average molecular weight is 162 g/mol. The summed E-state index contributed by atoms with van der Waals surface area (Å²) in [6, 6.07) is 9.81. The number of carbonyl (C=O) groups is 1. The number of cyclic esters (lactones) is 1. The first kappa shape index (κ1) is 7.35. The number of hydrogen-bond acceptors (Lipinski definition) is 2. The largest absolute Gasteiger partial charge is 0.454 e. The van der Waals surface area contributed by atoms with Gasteiger partial charge in [0.05, 0.1) is 6.42 Å². The summed E-state index contributed by atoms with van der Waals surface area (Å²) >= 11 is 0. The Morgan fingerprint density at radius 1 is 1.33 bits per heavy atom. The summed E-state index contributed by atoms with van der Waals surface area (Å²) < 4.78 is 5.07. The van der Waals surface area contributed by atoms with Gasteiger partial charge in [-0.15, -0.1) is 0 Å². The van der Waals surface area contributed by atoms with Crippen LogP contribution < -0.4 is 0 Å². The summed E-state index contributed by atoms with van der Waals surface area (Å²) in [6.45, 7) is 1.93. The molecule has 2 nitrogen and oxygen atoms in total. The number of carbonyl (C=O) groups excluding carboxylic acids is 1. The first-order valence-corrected chi connectivity index (χ1v) is 3.98. The predicted molar refractivity (Wildman–Crippen MR) is 44.5 cm³/mol. The van der Waals surface area contributed by atoms with Gasteiger partial charge in [-0.25, -0.2) is 0 Å². The van der Waals surface area contributed by atoms with E-state index in [1.54, 1.807) is 0 Å². The normalized spacial score (nSPS) is 27.6. The summed E-state index contributed by atoms with van der Waals surface area (Å²) in [4.78, 5) is 10.7. The Labute approximate surface area is 71.2 Å². The van der Waals surface area contributed by atoms with Gasteiger partial charge in [0.2, 0.25) is 0 Å². The molecule has 62 valence electrons. The molecule has 1 heterocycles. The summed E-state index contributed by atoms with van der Waals surface area (Å²) in [5, 5.41) is 0. The number of esters is 1. The monoisotopic (exact) mass is 162 g/mol. The van der Waals surface area contributed by atoms with Crippen molar-refractivity contribution in [1.29, 1.82) is 0 Å². The number of ether oxygens (including phenoxy) is 1. The lowest BCUT2D eigenvalue weighted by Gasteiger charge is -2.37. The van der Waals surface area contributed by atoms with E-state index in [2.05, 4.69) is 0 Å². The molecular weight excluding hydrogens is 152 g/mol. The Balaban J connectivity index is 2.27. The molecule has 0 amide bonds. The van der Waals surface area contributed by atoms with Crippen LogP contribution in [0.2, 0.25) is 0 Å². The summed E-state index contributed by atoms with van der Waals surface area (Å²) in [5.41, 5.74) is 0.711. The topological polar surface area (TPSA) is 26.3 Å². The average Bonchev–Trinajstić information content (AvgIpc) is 2.04. The third kappa shape index (κ3) is 0.998. The van der Waals surface area contributed by atoms with Crippen molar-refractivity contribution in [2.75, 3.05) is 0 Å². The molecule has 2 heteroatoms. The van der Waals surface area contributed by atoms with Crippen molar-refractivity contribution in [3.8, 4) is 0 Å². The summed E-state index contributed by atoms with van der Waals surface area (Å²) in [5.74, 6) is -0.110. The highest BCUT2D eigenvalue weighted by molar-refractivity contribution is 5.77. The van der Waals surface area contributed by atoms with Crippen LogP contribution in [0, 0.1) is 0 Å². The van der Waals surface area contributed by atoms with Crippen molar-refractivity contribution < 1.29 is 9.53 Å². The van der Waals surface area contributed by atoms with Crippen LogP contribution in [0.5, 0.6) is 0 Å². The Kier molecular flexibility index (Phi) is 1.43. The van der Waals surface area contributed by atoms with E-state index in [-0.39, 0.29) is 11.6 Å². The molecule has 1 fully saturated rings. The molecule has 1 atom stereocenters. The van der Waals surface area contributed by atoms with E-state index in [9.17, 15) is 4.79 Å². The molecule has 1 unspecified atom stereocenters. The molecule has 1 aliphatic heterocycles. The predicted octanol–water partition coefficient (Wildman–Crippen LogP) is 1.85. The minimum absolute atomic E-state index is 0.110. The second-order valence-corrected chi connectivity index (χ2v) is 3.25. The molecule has 1 aromatic rings. The Hall–Kier alpha value is -1.31. The van der Waals surface area contributed by atoms with E-state index in [0.717, 1.165) is 5.56 Å². The van der Waals surface area contributed by atoms with Crippen LogP contribution in [0.3, 0.4) is 0 Å². The van der Waals surface area contributed by atoms with Crippen molar-refractivity contribution in [2.45, 2.75) is 18.9 Å². The van der Waals surface area contributed by atoms with Gasteiger partial charge in [-0.1, -0.05) is 30.3 Å². The van der Waals surface area contributed by atoms with E-state index < -0.39 is 0 Å². The lowest BCUT2D eigenvalue weighted by molar-refractivity contribution is -0.190. The van der Waals surface area contributed by atoms with Crippen LogP contribution in [-0.4, -0.2) is 5.97 Å². The van der Waals surface area contributed by atoms with Gasteiger partial charge in [-0.2, -0.15) is 0 Å². The Bertz CT molecular complexity index is 295. The molecule has 0 spiro atoms. The molecule has 1 aromatic carbocycles. The van der Waals surface area contributed by atoms with Gasteiger partial charge in [0.1, 0.15) is 5.60 Å². The minimum Gasteiger partial charge on any atom is -0.454 e. The summed E-state index contributed by atoms with van der Waals surface area (Å²) in [7, 11) is 0. The fraction of sp³-hybridized carbons (Fsp3) is 0.300. The van der Waals surface area contributed by atoms with Gasteiger partial charge in [-0.05, 0) is 12.5 Å². The molecule has 12 heavy (non-hydrogen) atoms. The molecule has 1 aliphatic rings. The SMILES string of the molecule is CC1(c2ccccc2)CC(=O)O1. The van der Waals surface area contributed by atoms with Crippen LogP contribution in [0.4, 0.5) is 0 Å². The van der Waals surface area contributed by atoms with Gasteiger partial charge in [0, 0.05) is 0 Å². The van der Waals surface area contributed by atoms with Crippen LogP contribution in [-0.2, 0) is 15.1 Å². The van der Waals surface area contributed by atoms with Gasteiger partial charge in [-0.3, -0.25) is 4.79 Å². The van der Waals surface area contributed by atoms with Crippen molar-refractivity contribution in [3.05, 3.63) is 35.9 Å². The number of rotatable bonds is 1. The second-order valence-electron chi connectivity index (χ2n) is 3.25. The highest BCUT2D eigenvalue weighted by atomic mass is 16.6. The molecule has 2 rings (SSSR count). The second kappa shape index (κ2) is 2.34. The zero-order valence-corrected chi connectivity index (χ0v) is 6.91. The smallest absolute Gasteiger partial charge is 0.311 e. The molecular formula is C10H10O2. The van der Waals surface area contributed by atoms with Crippen LogP contribution in [0.25, 0.3) is 0 Å². The minimum atomic E-state index is -0.363. The highest BCUT2D eigenvalue weighted by Crippen LogP contribution is 2.37. The number of hydrogen-bond donors (Lipinski definition) is 0. The van der Waals surface area contributed by atoms with Crippen molar-refractivity contribution in [2.24, 2.45) is 0 Å². The van der Waals surface area contributed by atoms with Gasteiger partial charge >= 0.3 is 5.97 Å². The van der Waals surface area contributed by atoms with Crippen molar-refractivity contribution >= 4 is 5.97 Å². The van der Waals surface area contributed by atoms with Crippen molar-refractivity contribution in [3.63, 3.8) is 0 Å². The lowest BCUT2D eigenvalue weighted by Crippen LogP contribution is -2.42. The molecule has 0 aliphatic carbocycles. The number of benzene rings is 1. The van der Waals surface area contributed by atoms with Crippen molar-refractivity contribution in [1.82, 2.24) is 0 Å². The van der Waals surface area contributed by atoms with Gasteiger partial charge < -0.3 is 4.74 Å². The quantitative estimate of drug-likeness (QED) is 0.589. The highest BCUT2D eigenvalue weighted by Gasteiger charge is 2.42. The van der Waals surface area contributed by atoms with E-state index in [1.807, 2.05) is 37.3 Å². The lowest BCUT2D eigenvalue weighted by atomic mass is 9.88. The first-order chi connectivity index (χ1) is 5.71. The van der Waals surface area contributed by atoms with E-state index in [0.29, 0.717) is 6.42 Å². The van der Waals surface area contributed by atoms with E-state index in [1.165, 1.54) is 0 Å². The van der Waals surface area contributed by atoms with Crippen LogP contribution >= 0.6 is 0 Å². The first-order valence-electron chi connectivity index (χ1n) is 3.98. The third-order valence-corrected chi connectivity index (χ3v) is 2.21. The fourth-order valence-electron chi connectivity index (χ4n) is 1.47. The molecule has 0 aromatic heterocycles. The maximum absolute atomic E-state index is 10.7. The fourth-order valence-corrected chi connectivity index (χ4v) is 1.47. The summed E-state index contributed by atoms with van der Waals surface area (Å²) in [6.07, 6.45) is 0.497. The van der Waals surface area contributed by atoms with E-state index >= 15 is 0 Å². The van der Waals surface area contributed by atoms with Gasteiger partial charge in [0.25, 0.3) is 0 Å². The Morgan fingerprint density at radius 2 is 1.92 bits per heavy atom. The molecule has 1 saturated heterocycles. The Morgan fingerprint density at radius 3 is 2.42 bits per heavy atom. The molecule has 0 saturated carbocycles.